The molecule has 0 unspecified atom stereocenters. The number of rotatable bonds is 4. The Morgan fingerprint density at radius 1 is 1.04 bits per heavy atom. The molecule has 0 atom stereocenters. The highest BCUT2D eigenvalue weighted by atomic mass is 16.3. The van der Waals surface area contributed by atoms with Crippen LogP contribution in [0, 0.1) is 0 Å². The summed E-state index contributed by atoms with van der Waals surface area (Å²) in [5, 5.41) is 17.1. The van der Waals surface area contributed by atoms with Crippen LogP contribution in [0.15, 0.2) is 67.0 Å². The van der Waals surface area contributed by atoms with Crippen molar-refractivity contribution in [3.05, 3.63) is 67.0 Å². The number of nitrogens with zero attached hydrogens (tertiary/aromatic N) is 4. The third-order valence-electron chi connectivity index (χ3n) is 4.18. The molecule has 0 radical (unpaired) electrons. The average molecular weight is 345 g/mol. The zero-order valence-corrected chi connectivity index (χ0v) is 14.6. The molecule has 4 aromatic rings. The Bertz CT molecular complexity index is 1050. The number of hydrogen-bond donors (Lipinski definition) is 2. The molecule has 0 amide bonds. The molecule has 0 aliphatic heterocycles. The minimum Gasteiger partial charge on any atom is -0.508 e. The molecule has 2 N–H and O–H groups in total. The first-order valence-corrected chi connectivity index (χ1v) is 8.28. The zero-order chi connectivity index (χ0) is 18.1. The van der Waals surface area contributed by atoms with Crippen LogP contribution in [-0.2, 0) is 0 Å². The van der Waals surface area contributed by atoms with E-state index in [-0.39, 0.29) is 5.75 Å². The van der Waals surface area contributed by atoms with Gasteiger partial charge in [0.05, 0.1) is 6.20 Å². The quantitative estimate of drug-likeness (QED) is 0.549. The molecule has 0 saturated carbocycles. The summed E-state index contributed by atoms with van der Waals surface area (Å²) < 4.78 is 1.76. The molecule has 0 aliphatic rings. The van der Waals surface area contributed by atoms with Crippen molar-refractivity contribution in [1.29, 1.82) is 0 Å². The van der Waals surface area contributed by atoms with Crippen molar-refractivity contribution in [1.82, 2.24) is 14.6 Å². The Morgan fingerprint density at radius 3 is 2.62 bits per heavy atom. The first-order chi connectivity index (χ1) is 12.6. The van der Waals surface area contributed by atoms with Crippen LogP contribution in [0.5, 0.6) is 5.75 Å². The van der Waals surface area contributed by atoms with Crippen LogP contribution in [0.1, 0.15) is 0 Å². The highest BCUT2D eigenvalue weighted by Crippen LogP contribution is 2.28. The second-order valence-corrected chi connectivity index (χ2v) is 6.26. The number of aromatic nitrogens is 3. The van der Waals surface area contributed by atoms with Gasteiger partial charge >= 0.3 is 0 Å². The molecule has 0 fully saturated rings. The van der Waals surface area contributed by atoms with Crippen molar-refractivity contribution in [3.8, 4) is 16.9 Å². The van der Waals surface area contributed by atoms with Crippen LogP contribution >= 0.6 is 0 Å². The summed E-state index contributed by atoms with van der Waals surface area (Å²) in [4.78, 5) is 6.79. The zero-order valence-electron chi connectivity index (χ0n) is 14.6. The van der Waals surface area contributed by atoms with Crippen LogP contribution in [0.3, 0.4) is 0 Å². The van der Waals surface area contributed by atoms with Gasteiger partial charge in [0, 0.05) is 37.2 Å². The van der Waals surface area contributed by atoms with E-state index < -0.39 is 0 Å². The maximum absolute atomic E-state index is 9.40. The molecule has 26 heavy (non-hydrogen) atoms. The van der Waals surface area contributed by atoms with E-state index in [1.807, 2.05) is 38.6 Å². The Labute approximate surface area is 151 Å². The van der Waals surface area contributed by atoms with Crippen molar-refractivity contribution in [3.63, 3.8) is 0 Å². The van der Waals surface area contributed by atoms with E-state index in [4.69, 9.17) is 4.98 Å². The highest BCUT2D eigenvalue weighted by Gasteiger charge is 2.10. The number of phenols is 1. The van der Waals surface area contributed by atoms with Gasteiger partial charge in [-0.15, -0.1) is 0 Å². The van der Waals surface area contributed by atoms with E-state index in [1.165, 1.54) is 0 Å². The first kappa shape index (κ1) is 16.0. The SMILES string of the molecule is CN(C)c1cccc(-c2cnn3ccc(Nc4ccc(O)cc4)nc23)c1. The lowest BCUT2D eigenvalue weighted by molar-refractivity contribution is 0.475. The molecular weight excluding hydrogens is 326 g/mol. The summed E-state index contributed by atoms with van der Waals surface area (Å²) in [6.45, 7) is 0. The van der Waals surface area contributed by atoms with Gasteiger partial charge < -0.3 is 15.3 Å². The van der Waals surface area contributed by atoms with E-state index in [0.717, 1.165) is 28.1 Å². The Balaban J connectivity index is 1.73. The van der Waals surface area contributed by atoms with Gasteiger partial charge in [-0.05, 0) is 48.0 Å². The smallest absolute Gasteiger partial charge is 0.165 e. The van der Waals surface area contributed by atoms with Gasteiger partial charge in [-0.2, -0.15) is 5.10 Å². The Kier molecular flexibility index (Phi) is 3.93. The van der Waals surface area contributed by atoms with Crippen molar-refractivity contribution in [2.45, 2.75) is 0 Å². The van der Waals surface area contributed by atoms with Gasteiger partial charge in [-0.1, -0.05) is 12.1 Å². The van der Waals surface area contributed by atoms with Gasteiger partial charge in [0.1, 0.15) is 11.6 Å². The van der Waals surface area contributed by atoms with E-state index >= 15 is 0 Å². The lowest BCUT2D eigenvalue weighted by Crippen LogP contribution is -2.08. The number of benzene rings is 2. The Morgan fingerprint density at radius 2 is 1.85 bits per heavy atom. The molecule has 6 nitrogen and oxygen atoms in total. The van der Waals surface area contributed by atoms with E-state index in [2.05, 4.69) is 33.5 Å². The third kappa shape index (κ3) is 3.04. The van der Waals surface area contributed by atoms with E-state index in [1.54, 1.807) is 28.8 Å². The topological polar surface area (TPSA) is 65.7 Å². The molecule has 0 bridgehead atoms. The Hall–Kier alpha value is -3.54. The molecule has 2 aromatic heterocycles. The van der Waals surface area contributed by atoms with Crippen LogP contribution in [-0.4, -0.2) is 33.8 Å². The van der Waals surface area contributed by atoms with E-state index in [9.17, 15) is 5.11 Å². The van der Waals surface area contributed by atoms with Crippen molar-refractivity contribution in [2.24, 2.45) is 0 Å². The summed E-state index contributed by atoms with van der Waals surface area (Å²) >= 11 is 0. The summed E-state index contributed by atoms with van der Waals surface area (Å²) in [5.74, 6) is 0.950. The van der Waals surface area contributed by atoms with Crippen LogP contribution < -0.4 is 10.2 Å². The first-order valence-electron chi connectivity index (χ1n) is 8.28. The maximum Gasteiger partial charge on any atom is 0.165 e. The standard InChI is InChI=1S/C20H19N5O/c1-24(2)16-5-3-4-14(12-16)18-13-21-25-11-10-19(23-20(18)25)22-15-6-8-17(26)9-7-15/h3-13,26H,1-2H3,(H,22,23). The summed E-state index contributed by atoms with van der Waals surface area (Å²) in [6.07, 6.45) is 3.71. The second kappa shape index (κ2) is 6.40. The van der Waals surface area contributed by atoms with Crippen molar-refractivity contribution >= 4 is 22.8 Å². The average Bonchev–Trinajstić information content (AvgIpc) is 3.07. The number of aromatic hydroxyl groups is 1. The molecule has 2 heterocycles. The number of phenolic OH excluding ortho intramolecular Hbond substituents is 1. The monoisotopic (exact) mass is 345 g/mol. The molecule has 2 aromatic carbocycles. The molecule has 0 spiro atoms. The fourth-order valence-corrected chi connectivity index (χ4v) is 2.79. The third-order valence-corrected chi connectivity index (χ3v) is 4.18. The van der Waals surface area contributed by atoms with Crippen LogP contribution in [0.2, 0.25) is 0 Å². The predicted octanol–water partition coefficient (Wildman–Crippen LogP) is 3.91. The normalized spacial score (nSPS) is 10.8. The number of hydrogen-bond acceptors (Lipinski definition) is 5. The van der Waals surface area contributed by atoms with Crippen LogP contribution in [0.4, 0.5) is 17.2 Å². The van der Waals surface area contributed by atoms with Gasteiger partial charge in [0.15, 0.2) is 5.65 Å². The molecule has 6 heteroatoms. The summed E-state index contributed by atoms with van der Waals surface area (Å²) in [7, 11) is 4.04. The lowest BCUT2D eigenvalue weighted by Gasteiger charge is -2.13. The number of nitrogens with one attached hydrogen (secondary N) is 1. The largest absolute Gasteiger partial charge is 0.508 e. The number of anilines is 3. The molecule has 4 rings (SSSR count). The van der Waals surface area contributed by atoms with Crippen molar-refractivity contribution in [2.75, 3.05) is 24.3 Å². The van der Waals surface area contributed by atoms with Crippen molar-refractivity contribution < 1.29 is 5.11 Å². The molecular formula is C20H19N5O. The fraction of sp³-hybridized carbons (Fsp3) is 0.100. The second-order valence-electron chi connectivity index (χ2n) is 6.26. The maximum atomic E-state index is 9.40. The molecule has 0 aliphatic carbocycles. The molecule has 130 valence electrons. The van der Waals surface area contributed by atoms with Crippen LogP contribution in [0.25, 0.3) is 16.8 Å². The number of fused-ring (bicyclic) bond motifs is 1. The van der Waals surface area contributed by atoms with Gasteiger partial charge in [0.25, 0.3) is 0 Å². The lowest BCUT2D eigenvalue weighted by atomic mass is 10.1. The minimum absolute atomic E-state index is 0.234. The minimum atomic E-state index is 0.234. The van der Waals surface area contributed by atoms with Gasteiger partial charge in [-0.3, -0.25) is 0 Å². The van der Waals surface area contributed by atoms with Gasteiger partial charge in [0.2, 0.25) is 0 Å². The molecule has 0 saturated heterocycles. The van der Waals surface area contributed by atoms with Gasteiger partial charge in [-0.25, -0.2) is 9.50 Å². The predicted molar refractivity (Wildman–Crippen MR) is 104 cm³/mol. The van der Waals surface area contributed by atoms with E-state index in [0.29, 0.717) is 5.82 Å². The summed E-state index contributed by atoms with van der Waals surface area (Å²) in [6, 6.07) is 17.0. The summed E-state index contributed by atoms with van der Waals surface area (Å²) in [5.41, 5.74) is 4.81. The highest BCUT2D eigenvalue weighted by molar-refractivity contribution is 5.80. The fourth-order valence-electron chi connectivity index (χ4n) is 2.79.